The fraction of sp³-hybridized carbons (Fsp3) is 0.579. The molecule has 0 saturated carbocycles. The second kappa shape index (κ2) is 10.4. The van der Waals surface area contributed by atoms with E-state index in [0.717, 1.165) is 18.8 Å². The predicted molar refractivity (Wildman–Crippen MR) is 97.1 cm³/mol. The molecule has 1 amide bonds. The minimum atomic E-state index is -0.309. The van der Waals surface area contributed by atoms with Crippen molar-refractivity contribution in [1.82, 2.24) is 10.4 Å². The van der Waals surface area contributed by atoms with E-state index in [2.05, 4.69) is 22.8 Å². The van der Waals surface area contributed by atoms with E-state index >= 15 is 0 Å². The molecule has 3 rings (SSSR count). The van der Waals surface area contributed by atoms with Gasteiger partial charge in [-0.05, 0) is 62.4 Å². The van der Waals surface area contributed by atoms with Crippen molar-refractivity contribution < 1.29 is 45.4 Å². The van der Waals surface area contributed by atoms with Gasteiger partial charge in [-0.1, -0.05) is 12.1 Å². The molecular weight excluding hydrogens is 341 g/mol. The first-order valence-electron chi connectivity index (χ1n) is 9.17. The molecule has 0 spiro atoms. The molecule has 138 valence electrons. The summed E-state index contributed by atoms with van der Waals surface area (Å²) < 4.78 is 0. The van der Waals surface area contributed by atoms with E-state index < -0.39 is 0 Å². The average Bonchev–Trinajstić information content (AvgIpc) is 2.63. The Labute approximate surface area is 178 Å². The van der Waals surface area contributed by atoms with Crippen LogP contribution in [-0.2, 0) is 14.4 Å². The normalized spacial score (nSPS) is 19.4. The predicted octanol–water partition coefficient (Wildman–Crippen LogP) is -0.601. The fourth-order valence-corrected chi connectivity index (χ4v) is 3.63. The van der Waals surface area contributed by atoms with Crippen LogP contribution < -0.4 is 40.2 Å². The molecule has 26 heavy (non-hydrogen) atoms. The molecule has 1 aromatic carbocycles. The fourth-order valence-electron chi connectivity index (χ4n) is 3.63. The Bertz CT molecular complexity index is 601. The van der Waals surface area contributed by atoms with Crippen LogP contribution in [-0.4, -0.2) is 43.1 Å². The standard InChI is InChI=1S/C19H27N3O3.Na.H/c1-14(23)25-22-12-8-17(9-13-22)19(24)21-18-4-2-15(3-5-18)16-6-10-20-11-7-16;;/h2-5,16-17,20H,6-13H2,1H3,(H,21,24);;/q;+1;-1. The molecule has 0 atom stereocenters. The zero-order valence-corrected chi connectivity index (χ0v) is 17.8. The van der Waals surface area contributed by atoms with Gasteiger partial charge in [0.05, 0.1) is 0 Å². The van der Waals surface area contributed by atoms with E-state index in [4.69, 9.17) is 4.84 Å². The minimum absolute atomic E-state index is 0. The van der Waals surface area contributed by atoms with Crippen LogP contribution in [0.25, 0.3) is 0 Å². The molecule has 2 N–H and O–H groups in total. The molecule has 0 aliphatic carbocycles. The van der Waals surface area contributed by atoms with Gasteiger partial charge in [0.2, 0.25) is 5.91 Å². The van der Waals surface area contributed by atoms with Gasteiger partial charge in [-0.15, -0.1) is 5.06 Å². The molecule has 0 radical (unpaired) electrons. The van der Waals surface area contributed by atoms with Crippen LogP contribution in [0.5, 0.6) is 0 Å². The van der Waals surface area contributed by atoms with Crippen molar-refractivity contribution in [1.29, 1.82) is 0 Å². The number of hydroxylamine groups is 2. The quantitative estimate of drug-likeness (QED) is 0.694. The zero-order chi connectivity index (χ0) is 17.6. The van der Waals surface area contributed by atoms with Crippen LogP contribution in [0.1, 0.15) is 45.5 Å². The number of amides is 1. The van der Waals surface area contributed by atoms with Crippen molar-refractivity contribution in [2.24, 2.45) is 5.92 Å². The summed E-state index contributed by atoms with van der Waals surface area (Å²) in [7, 11) is 0. The van der Waals surface area contributed by atoms with Crippen molar-refractivity contribution in [3.05, 3.63) is 29.8 Å². The number of hydrogen-bond acceptors (Lipinski definition) is 5. The Morgan fingerprint density at radius 1 is 1.12 bits per heavy atom. The van der Waals surface area contributed by atoms with E-state index in [0.29, 0.717) is 31.8 Å². The van der Waals surface area contributed by atoms with Gasteiger partial charge in [0.15, 0.2) is 0 Å². The van der Waals surface area contributed by atoms with Gasteiger partial charge in [0.1, 0.15) is 0 Å². The van der Waals surface area contributed by atoms with E-state index in [1.807, 2.05) is 12.1 Å². The summed E-state index contributed by atoms with van der Waals surface area (Å²) in [5, 5.41) is 8.04. The molecule has 2 heterocycles. The maximum Gasteiger partial charge on any atom is 1.00 e. The topological polar surface area (TPSA) is 70.7 Å². The van der Waals surface area contributed by atoms with Crippen molar-refractivity contribution >= 4 is 17.6 Å². The smallest absolute Gasteiger partial charge is 1.00 e. The summed E-state index contributed by atoms with van der Waals surface area (Å²) in [5.41, 5.74) is 2.21. The second-order valence-corrected chi connectivity index (χ2v) is 6.92. The number of rotatable bonds is 4. The monoisotopic (exact) mass is 369 g/mol. The van der Waals surface area contributed by atoms with Crippen LogP contribution in [0.15, 0.2) is 24.3 Å². The number of hydrogen-bond donors (Lipinski definition) is 2. The van der Waals surface area contributed by atoms with Gasteiger partial charge in [0, 0.05) is 31.6 Å². The number of anilines is 1. The largest absolute Gasteiger partial charge is 1.00 e. The number of piperidine rings is 2. The van der Waals surface area contributed by atoms with Gasteiger partial charge < -0.3 is 16.9 Å². The van der Waals surface area contributed by atoms with Crippen LogP contribution >= 0.6 is 0 Å². The third kappa shape index (κ3) is 6.06. The summed E-state index contributed by atoms with van der Waals surface area (Å²) in [4.78, 5) is 28.5. The van der Waals surface area contributed by atoms with E-state index in [1.54, 1.807) is 5.06 Å². The van der Waals surface area contributed by atoms with Crippen molar-refractivity contribution in [3.63, 3.8) is 0 Å². The SMILES string of the molecule is CC(=O)ON1CCC(C(=O)Nc2ccc(C3CCNCC3)cc2)CC1.[H-].[Na+]. The van der Waals surface area contributed by atoms with Crippen LogP contribution in [0, 0.1) is 5.92 Å². The summed E-state index contributed by atoms with van der Waals surface area (Å²) in [6, 6.07) is 8.27. The summed E-state index contributed by atoms with van der Waals surface area (Å²) in [6.45, 7) is 4.76. The first-order valence-corrected chi connectivity index (χ1v) is 9.17. The Hall–Kier alpha value is -0.920. The maximum atomic E-state index is 12.4. The Balaban J connectivity index is 0.00000182. The molecule has 6 nitrogen and oxygen atoms in total. The third-order valence-electron chi connectivity index (χ3n) is 5.07. The minimum Gasteiger partial charge on any atom is -1.00 e. The molecule has 0 bridgehead atoms. The van der Waals surface area contributed by atoms with Crippen molar-refractivity contribution in [2.45, 2.75) is 38.5 Å². The summed E-state index contributed by atoms with van der Waals surface area (Å²) in [6.07, 6.45) is 3.75. The van der Waals surface area contributed by atoms with E-state index in [1.165, 1.54) is 25.3 Å². The van der Waals surface area contributed by atoms with Gasteiger partial charge in [-0.2, -0.15) is 0 Å². The maximum absolute atomic E-state index is 12.4. The van der Waals surface area contributed by atoms with E-state index in [-0.39, 0.29) is 48.8 Å². The number of nitrogens with zero attached hydrogens (tertiary/aromatic N) is 1. The van der Waals surface area contributed by atoms with Gasteiger partial charge in [-0.3, -0.25) is 9.59 Å². The van der Waals surface area contributed by atoms with Crippen LogP contribution in [0.2, 0.25) is 0 Å². The summed E-state index contributed by atoms with van der Waals surface area (Å²) >= 11 is 0. The number of carbonyl (C=O) groups excluding carboxylic acids is 2. The molecular formula is C19H28N3NaO3. The van der Waals surface area contributed by atoms with Crippen LogP contribution in [0.4, 0.5) is 5.69 Å². The van der Waals surface area contributed by atoms with Crippen molar-refractivity contribution in [3.8, 4) is 0 Å². The molecule has 0 unspecified atom stereocenters. The number of carbonyl (C=O) groups is 2. The zero-order valence-electron chi connectivity index (χ0n) is 16.8. The van der Waals surface area contributed by atoms with Crippen LogP contribution in [0.3, 0.4) is 0 Å². The van der Waals surface area contributed by atoms with Gasteiger partial charge in [0.25, 0.3) is 0 Å². The molecule has 1 aromatic rings. The Kier molecular flexibility index (Phi) is 8.57. The van der Waals surface area contributed by atoms with Gasteiger partial charge >= 0.3 is 35.5 Å². The Morgan fingerprint density at radius 3 is 2.31 bits per heavy atom. The summed E-state index contributed by atoms with van der Waals surface area (Å²) in [5.74, 6) is 0.335. The molecule has 2 saturated heterocycles. The molecule has 2 aliphatic heterocycles. The molecule has 0 aromatic heterocycles. The molecule has 2 fully saturated rings. The van der Waals surface area contributed by atoms with E-state index in [9.17, 15) is 9.59 Å². The first-order chi connectivity index (χ1) is 12.1. The number of nitrogens with one attached hydrogen (secondary N) is 2. The molecule has 2 aliphatic rings. The first kappa shape index (κ1) is 21.4. The second-order valence-electron chi connectivity index (χ2n) is 6.92. The average molecular weight is 369 g/mol. The van der Waals surface area contributed by atoms with Gasteiger partial charge in [-0.25, -0.2) is 0 Å². The number of benzene rings is 1. The van der Waals surface area contributed by atoms with Crippen molar-refractivity contribution in [2.75, 3.05) is 31.5 Å². The Morgan fingerprint density at radius 2 is 1.73 bits per heavy atom. The third-order valence-corrected chi connectivity index (χ3v) is 5.07. The molecule has 7 heteroatoms.